The summed E-state index contributed by atoms with van der Waals surface area (Å²) in [4.78, 5) is 15.0. The van der Waals surface area contributed by atoms with Crippen molar-refractivity contribution >= 4 is 34.6 Å². The van der Waals surface area contributed by atoms with Gasteiger partial charge in [-0.05, 0) is 61.1 Å². The second-order valence-corrected chi connectivity index (χ2v) is 9.23. The molecule has 0 radical (unpaired) electrons. The number of carbonyl (C=O) groups is 1. The van der Waals surface area contributed by atoms with Crippen molar-refractivity contribution in [1.29, 1.82) is 0 Å². The van der Waals surface area contributed by atoms with Crippen LogP contribution in [0.25, 0.3) is 0 Å². The third kappa shape index (κ3) is 7.70. The molecular formula is C28H30F2N4O3S. The lowest BCUT2D eigenvalue weighted by atomic mass is 10.1. The van der Waals surface area contributed by atoms with Gasteiger partial charge in [0.1, 0.15) is 24.0 Å². The molecule has 0 aromatic heterocycles. The van der Waals surface area contributed by atoms with Gasteiger partial charge < -0.3 is 25.4 Å². The van der Waals surface area contributed by atoms with Crippen LogP contribution in [0.3, 0.4) is 0 Å². The number of morpholine rings is 1. The van der Waals surface area contributed by atoms with Gasteiger partial charge in [0.25, 0.3) is 5.91 Å². The van der Waals surface area contributed by atoms with E-state index in [0.29, 0.717) is 48.6 Å². The summed E-state index contributed by atoms with van der Waals surface area (Å²) in [7, 11) is 0. The van der Waals surface area contributed by atoms with Crippen LogP contribution in [0.2, 0.25) is 0 Å². The van der Waals surface area contributed by atoms with Crippen LogP contribution in [0.1, 0.15) is 28.9 Å². The highest BCUT2D eigenvalue weighted by Gasteiger charge is 2.16. The van der Waals surface area contributed by atoms with Gasteiger partial charge in [0, 0.05) is 31.4 Å². The summed E-state index contributed by atoms with van der Waals surface area (Å²) < 4.78 is 38.8. The van der Waals surface area contributed by atoms with Crippen molar-refractivity contribution in [2.24, 2.45) is 0 Å². The van der Waals surface area contributed by atoms with E-state index < -0.39 is 11.7 Å². The second-order valence-electron chi connectivity index (χ2n) is 8.82. The van der Waals surface area contributed by atoms with Gasteiger partial charge in [-0.2, -0.15) is 0 Å². The van der Waals surface area contributed by atoms with Crippen LogP contribution in [-0.4, -0.2) is 55.4 Å². The number of nitrogens with zero attached hydrogens (tertiary/aromatic N) is 1. The zero-order chi connectivity index (χ0) is 26.9. The van der Waals surface area contributed by atoms with Crippen LogP contribution < -0.4 is 20.7 Å². The summed E-state index contributed by atoms with van der Waals surface area (Å²) in [5, 5.41) is 9.41. The van der Waals surface area contributed by atoms with Gasteiger partial charge in [-0.15, -0.1) is 0 Å². The molecule has 0 saturated carbocycles. The standard InChI is InChI=1S/C28H30F2N4O3S/c1-19(20-6-8-21(29)9-7-20)31-28(38)32-22-10-11-25(33-27(35)23-4-2-3-5-24(23)30)26(18-22)37-17-14-34-12-15-36-16-13-34/h2-11,18-19H,12-17H2,1H3,(H,33,35)(H2,31,32,38). The first kappa shape index (κ1) is 27.4. The molecule has 0 spiro atoms. The Kier molecular flexibility index (Phi) is 9.58. The Hall–Kier alpha value is -3.60. The molecule has 4 rings (SSSR count). The first-order valence-corrected chi connectivity index (χ1v) is 12.8. The van der Waals surface area contributed by atoms with E-state index in [1.807, 2.05) is 6.92 Å². The van der Waals surface area contributed by atoms with Crippen molar-refractivity contribution in [3.8, 4) is 5.75 Å². The molecule has 1 heterocycles. The number of hydrogen-bond acceptors (Lipinski definition) is 5. The van der Waals surface area contributed by atoms with E-state index in [9.17, 15) is 13.6 Å². The number of amides is 1. The van der Waals surface area contributed by atoms with E-state index in [1.54, 1.807) is 36.4 Å². The van der Waals surface area contributed by atoms with E-state index in [4.69, 9.17) is 21.7 Å². The van der Waals surface area contributed by atoms with E-state index in [2.05, 4.69) is 20.9 Å². The topological polar surface area (TPSA) is 74.9 Å². The second kappa shape index (κ2) is 13.3. The zero-order valence-electron chi connectivity index (χ0n) is 21.0. The maximum Gasteiger partial charge on any atom is 0.258 e. The maximum atomic E-state index is 14.1. The number of rotatable bonds is 9. The predicted molar refractivity (Wildman–Crippen MR) is 148 cm³/mol. The number of nitrogens with one attached hydrogen (secondary N) is 3. The minimum absolute atomic E-state index is 0.0610. The molecule has 38 heavy (non-hydrogen) atoms. The third-order valence-corrected chi connectivity index (χ3v) is 6.31. The lowest BCUT2D eigenvalue weighted by Crippen LogP contribution is -2.38. The van der Waals surface area contributed by atoms with Gasteiger partial charge in [-0.1, -0.05) is 24.3 Å². The molecule has 0 bridgehead atoms. The Morgan fingerprint density at radius 1 is 1.05 bits per heavy atom. The Balaban J connectivity index is 1.45. The summed E-state index contributed by atoms with van der Waals surface area (Å²) in [6.07, 6.45) is 0. The summed E-state index contributed by atoms with van der Waals surface area (Å²) in [6.45, 7) is 6.02. The zero-order valence-corrected chi connectivity index (χ0v) is 21.8. The van der Waals surface area contributed by atoms with Gasteiger partial charge >= 0.3 is 0 Å². The fourth-order valence-corrected chi connectivity index (χ4v) is 4.26. The lowest BCUT2D eigenvalue weighted by Gasteiger charge is -2.26. The molecule has 0 aliphatic carbocycles. The molecule has 3 aromatic carbocycles. The number of hydrogen-bond donors (Lipinski definition) is 3. The van der Waals surface area contributed by atoms with Crippen molar-refractivity contribution < 1.29 is 23.0 Å². The summed E-state index contributed by atoms with van der Waals surface area (Å²) >= 11 is 5.47. The fourth-order valence-electron chi connectivity index (χ4n) is 3.97. The first-order chi connectivity index (χ1) is 18.4. The molecule has 1 unspecified atom stereocenters. The Labute approximate surface area is 226 Å². The van der Waals surface area contributed by atoms with Crippen molar-refractivity contribution in [2.45, 2.75) is 13.0 Å². The Morgan fingerprint density at radius 2 is 1.79 bits per heavy atom. The fraction of sp³-hybridized carbons (Fsp3) is 0.286. The molecule has 3 aromatic rings. The average Bonchev–Trinajstić information content (AvgIpc) is 2.91. The quantitative estimate of drug-likeness (QED) is 0.331. The van der Waals surface area contributed by atoms with E-state index >= 15 is 0 Å². The van der Waals surface area contributed by atoms with Gasteiger partial charge in [0.2, 0.25) is 0 Å². The van der Waals surface area contributed by atoms with E-state index in [1.165, 1.54) is 30.3 Å². The third-order valence-electron chi connectivity index (χ3n) is 6.09. The Morgan fingerprint density at radius 3 is 2.53 bits per heavy atom. The van der Waals surface area contributed by atoms with Gasteiger partial charge in [0.15, 0.2) is 5.11 Å². The number of halogens is 2. The number of benzene rings is 3. The minimum Gasteiger partial charge on any atom is -0.490 e. The normalized spacial score (nSPS) is 14.4. The molecule has 1 fully saturated rings. The summed E-state index contributed by atoms with van der Waals surface area (Å²) in [5.74, 6) is -1.07. The van der Waals surface area contributed by atoms with Crippen LogP contribution in [0.15, 0.2) is 66.7 Å². The molecule has 3 N–H and O–H groups in total. The lowest BCUT2D eigenvalue weighted by molar-refractivity contribution is 0.0323. The highest BCUT2D eigenvalue weighted by atomic mass is 32.1. The average molecular weight is 541 g/mol. The largest absolute Gasteiger partial charge is 0.490 e. The summed E-state index contributed by atoms with van der Waals surface area (Å²) in [5.41, 5.74) is 1.87. The molecule has 1 aliphatic heterocycles. The van der Waals surface area contributed by atoms with Crippen molar-refractivity contribution in [3.05, 3.63) is 89.5 Å². The van der Waals surface area contributed by atoms with Crippen LogP contribution in [-0.2, 0) is 4.74 Å². The van der Waals surface area contributed by atoms with Gasteiger partial charge in [0.05, 0.1) is 30.5 Å². The van der Waals surface area contributed by atoms with Crippen LogP contribution in [0, 0.1) is 11.6 Å². The monoisotopic (exact) mass is 540 g/mol. The maximum absolute atomic E-state index is 14.1. The molecule has 1 saturated heterocycles. The van der Waals surface area contributed by atoms with Crippen molar-refractivity contribution in [1.82, 2.24) is 10.2 Å². The van der Waals surface area contributed by atoms with E-state index in [-0.39, 0.29) is 17.4 Å². The van der Waals surface area contributed by atoms with Crippen LogP contribution >= 0.6 is 12.2 Å². The van der Waals surface area contributed by atoms with Gasteiger partial charge in [-0.25, -0.2) is 8.78 Å². The molecule has 1 aliphatic rings. The number of ether oxygens (including phenoxy) is 2. The smallest absolute Gasteiger partial charge is 0.258 e. The number of thiocarbonyl (C=S) groups is 1. The minimum atomic E-state index is -0.607. The highest BCUT2D eigenvalue weighted by molar-refractivity contribution is 7.80. The molecule has 1 amide bonds. The van der Waals surface area contributed by atoms with Crippen molar-refractivity contribution in [2.75, 3.05) is 50.1 Å². The predicted octanol–water partition coefficient (Wildman–Crippen LogP) is 4.98. The number of carbonyl (C=O) groups excluding carboxylic acids is 1. The van der Waals surface area contributed by atoms with Crippen molar-refractivity contribution in [3.63, 3.8) is 0 Å². The van der Waals surface area contributed by atoms with Gasteiger partial charge in [-0.3, -0.25) is 9.69 Å². The van der Waals surface area contributed by atoms with E-state index in [0.717, 1.165) is 18.7 Å². The SMILES string of the molecule is CC(NC(=S)Nc1ccc(NC(=O)c2ccccc2F)c(OCCN2CCOCC2)c1)c1ccc(F)cc1. The molecule has 10 heteroatoms. The highest BCUT2D eigenvalue weighted by Crippen LogP contribution is 2.29. The van der Waals surface area contributed by atoms with Crippen LogP contribution in [0.5, 0.6) is 5.75 Å². The number of anilines is 2. The first-order valence-electron chi connectivity index (χ1n) is 12.3. The summed E-state index contributed by atoms with van der Waals surface area (Å²) in [6, 6.07) is 17.0. The Bertz CT molecular complexity index is 1250. The molecular weight excluding hydrogens is 510 g/mol. The molecule has 1 atom stereocenters. The molecule has 200 valence electrons. The molecule has 7 nitrogen and oxygen atoms in total. The van der Waals surface area contributed by atoms with Crippen LogP contribution in [0.4, 0.5) is 20.2 Å².